The van der Waals surface area contributed by atoms with Crippen LogP contribution in [-0.2, 0) is 9.59 Å². The van der Waals surface area contributed by atoms with Crippen molar-refractivity contribution in [3.05, 3.63) is 24.8 Å². The molecule has 2 fully saturated rings. The van der Waals surface area contributed by atoms with Gasteiger partial charge in [0.2, 0.25) is 0 Å². The molecule has 1 aromatic heterocycles. The molecule has 1 saturated heterocycles. The van der Waals surface area contributed by atoms with Crippen molar-refractivity contribution in [2.75, 3.05) is 5.01 Å². The lowest BCUT2D eigenvalue weighted by molar-refractivity contribution is -0.125. The summed E-state index contributed by atoms with van der Waals surface area (Å²) in [6.45, 7) is 0. The van der Waals surface area contributed by atoms with Crippen molar-refractivity contribution in [1.29, 1.82) is 0 Å². The molecule has 3 aliphatic carbocycles. The Hall–Kier alpha value is -1.98. The highest BCUT2D eigenvalue weighted by Crippen LogP contribution is 2.48. The molecule has 1 aromatic rings. The van der Waals surface area contributed by atoms with E-state index >= 15 is 0 Å². The average molecular weight is 244 g/mol. The number of carbonyl (C=O) groups is 2. The van der Waals surface area contributed by atoms with Crippen LogP contribution < -0.4 is 5.01 Å². The summed E-state index contributed by atoms with van der Waals surface area (Å²) >= 11 is 0. The first-order valence-electron chi connectivity index (χ1n) is 6.18. The molecule has 2 amide bonds. The van der Waals surface area contributed by atoms with E-state index in [2.05, 4.69) is 22.3 Å². The van der Waals surface area contributed by atoms with Crippen LogP contribution in [0.3, 0.4) is 0 Å². The summed E-state index contributed by atoms with van der Waals surface area (Å²) in [5.74, 6) is -0.129. The maximum atomic E-state index is 12.4. The van der Waals surface area contributed by atoms with E-state index in [1.165, 1.54) is 22.3 Å². The molecule has 6 heteroatoms. The van der Waals surface area contributed by atoms with Crippen molar-refractivity contribution in [3.63, 3.8) is 0 Å². The standard InChI is InChI=1S/C12H12N4O2/c17-11-9-7-1-2-8(4-3-7)10(9)12(18)16(11)15-5-13-14-6-15/h1-2,5-10H,3-4H2/t7-,8-,9-,10-/m0/s1. The number of fused-ring (bicyclic) bond motifs is 1. The quantitative estimate of drug-likeness (QED) is 0.519. The number of aromatic nitrogens is 3. The van der Waals surface area contributed by atoms with Crippen LogP contribution >= 0.6 is 0 Å². The predicted molar refractivity (Wildman–Crippen MR) is 60.6 cm³/mol. The largest absolute Gasteiger partial charge is 0.272 e. The Morgan fingerprint density at radius 2 is 1.44 bits per heavy atom. The molecule has 18 heavy (non-hydrogen) atoms. The molecule has 1 aliphatic heterocycles. The maximum absolute atomic E-state index is 12.4. The van der Waals surface area contributed by atoms with Gasteiger partial charge < -0.3 is 0 Å². The van der Waals surface area contributed by atoms with Gasteiger partial charge in [-0.05, 0) is 24.7 Å². The van der Waals surface area contributed by atoms with Gasteiger partial charge in [0.05, 0.1) is 11.8 Å². The van der Waals surface area contributed by atoms with Crippen molar-refractivity contribution in [3.8, 4) is 0 Å². The molecule has 0 aromatic carbocycles. The fraction of sp³-hybridized carbons (Fsp3) is 0.500. The normalized spacial score (nSPS) is 37.4. The van der Waals surface area contributed by atoms with Crippen molar-refractivity contribution in [2.45, 2.75) is 12.8 Å². The Balaban J connectivity index is 1.79. The molecule has 1 saturated carbocycles. The van der Waals surface area contributed by atoms with Gasteiger partial charge >= 0.3 is 0 Å². The highest BCUT2D eigenvalue weighted by molar-refractivity contribution is 6.17. The summed E-state index contributed by atoms with van der Waals surface area (Å²) in [6.07, 6.45) is 9.02. The van der Waals surface area contributed by atoms with E-state index in [1.54, 1.807) is 0 Å². The molecule has 6 nitrogen and oxygen atoms in total. The van der Waals surface area contributed by atoms with Gasteiger partial charge in [-0.25, -0.2) is 4.68 Å². The molecule has 0 spiro atoms. The lowest BCUT2D eigenvalue weighted by Crippen LogP contribution is -2.40. The van der Waals surface area contributed by atoms with E-state index in [1.807, 2.05) is 0 Å². The molecule has 0 unspecified atom stereocenters. The van der Waals surface area contributed by atoms with Gasteiger partial charge in [-0.15, -0.1) is 10.2 Å². The van der Waals surface area contributed by atoms with E-state index in [0.29, 0.717) is 0 Å². The first-order valence-corrected chi connectivity index (χ1v) is 6.18. The monoisotopic (exact) mass is 244 g/mol. The zero-order chi connectivity index (χ0) is 12.3. The first kappa shape index (κ1) is 9.99. The summed E-state index contributed by atoms with van der Waals surface area (Å²) in [4.78, 5) is 24.9. The molecular weight excluding hydrogens is 232 g/mol. The second-order valence-electron chi connectivity index (χ2n) is 5.17. The third kappa shape index (κ3) is 1.07. The minimum atomic E-state index is -0.177. The molecular formula is C12H12N4O2. The van der Waals surface area contributed by atoms with Crippen LogP contribution in [0.25, 0.3) is 0 Å². The van der Waals surface area contributed by atoms with Crippen LogP contribution in [0.15, 0.2) is 24.8 Å². The fourth-order valence-electron chi connectivity index (χ4n) is 3.58. The van der Waals surface area contributed by atoms with Gasteiger partial charge in [-0.2, -0.15) is 5.01 Å². The number of allylic oxidation sites excluding steroid dienone is 2. The molecule has 92 valence electrons. The van der Waals surface area contributed by atoms with Crippen molar-refractivity contribution >= 4 is 11.8 Å². The number of amides is 2. The van der Waals surface area contributed by atoms with E-state index < -0.39 is 0 Å². The van der Waals surface area contributed by atoms with Crippen LogP contribution in [0, 0.1) is 23.7 Å². The SMILES string of the molecule is O=C1[C@@H]2[C@@H](C(=O)N1n1cnnc1)[C@H]1C=C[C@H]2CC1. The Morgan fingerprint density at radius 1 is 0.944 bits per heavy atom. The second kappa shape index (κ2) is 3.28. The van der Waals surface area contributed by atoms with Gasteiger partial charge in [0.15, 0.2) is 0 Å². The summed E-state index contributed by atoms with van der Waals surface area (Å²) < 4.78 is 1.39. The van der Waals surface area contributed by atoms with Gasteiger partial charge in [0.1, 0.15) is 12.7 Å². The Morgan fingerprint density at radius 3 is 1.89 bits per heavy atom. The zero-order valence-corrected chi connectivity index (χ0v) is 9.64. The fourth-order valence-corrected chi connectivity index (χ4v) is 3.58. The Labute approximate surface area is 103 Å². The van der Waals surface area contributed by atoms with E-state index in [9.17, 15) is 9.59 Å². The first-order chi connectivity index (χ1) is 8.77. The lowest BCUT2D eigenvalue weighted by atomic mass is 9.63. The Kier molecular flexibility index (Phi) is 1.82. The molecule has 2 heterocycles. The average Bonchev–Trinajstić information content (AvgIpc) is 3.00. The number of hydrogen-bond acceptors (Lipinski definition) is 4. The van der Waals surface area contributed by atoms with Crippen LogP contribution in [0.5, 0.6) is 0 Å². The number of rotatable bonds is 1. The van der Waals surface area contributed by atoms with Gasteiger partial charge in [-0.1, -0.05) is 12.2 Å². The Bertz CT molecular complexity index is 518. The maximum Gasteiger partial charge on any atom is 0.253 e. The molecule has 2 bridgehead atoms. The van der Waals surface area contributed by atoms with Crippen LogP contribution in [-0.4, -0.2) is 26.7 Å². The molecule has 0 radical (unpaired) electrons. The summed E-state index contributed by atoms with van der Waals surface area (Å²) in [5, 5.41) is 8.52. The third-order valence-corrected chi connectivity index (χ3v) is 4.37. The van der Waals surface area contributed by atoms with E-state index in [0.717, 1.165) is 12.8 Å². The second-order valence-corrected chi connectivity index (χ2v) is 5.17. The third-order valence-electron chi connectivity index (χ3n) is 4.37. The van der Waals surface area contributed by atoms with E-state index in [-0.39, 0.29) is 35.5 Å². The zero-order valence-electron chi connectivity index (χ0n) is 9.64. The summed E-state index contributed by atoms with van der Waals surface area (Å²) in [7, 11) is 0. The van der Waals surface area contributed by atoms with Crippen LogP contribution in [0.1, 0.15) is 12.8 Å². The van der Waals surface area contributed by atoms with Gasteiger partial charge in [-0.3, -0.25) is 9.59 Å². The summed E-state index contributed by atoms with van der Waals surface area (Å²) in [5.41, 5.74) is 0. The minimum absolute atomic E-state index is 0.108. The lowest BCUT2D eigenvalue weighted by Gasteiger charge is -2.37. The van der Waals surface area contributed by atoms with Crippen molar-refractivity contribution in [2.24, 2.45) is 23.7 Å². The topological polar surface area (TPSA) is 68.1 Å². The molecule has 4 aliphatic rings. The number of carbonyl (C=O) groups excluding carboxylic acids is 2. The molecule has 4 atom stereocenters. The molecule has 5 rings (SSSR count). The highest BCUT2D eigenvalue weighted by Gasteiger charge is 2.57. The van der Waals surface area contributed by atoms with Crippen LogP contribution in [0.2, 0.25) is 0 Å². The molecule has 0 N–H and O–H groups in total. The van der Waals surface area contributed by atoms with Gasteiger partial charge in [0.25, 0.3) is 11.8 Å². The highest BCUT2D eigenvalue weighted by atomic mass is 16.2. The van der Waals surface area contributed by atoms with E-state index in [4.69, 9.17) is 0 Å². The smallest absolute Gasteiger partial charge is 0.253 e. The number of hydrogen-bond donors (Lipinski definition) is 0. The van der Waals surface area contributed by atoms with Crippen molar-refractivity contribution in [1.82, 2.24) is 14.9 Å². The summed E-state index contributed by atoms with van der Waals surface area (Å²) in [6, 6.07) is 0. The predicted octanol–water partition coefficient (Wildman–Crippen LogP) is 0.111. The van der Waals surface area contributed by atoms with Crippen LogP contribution in [0.4, 0.5) is 0 Å². The van der Waals surface area contributed by atoms with Gasteiger partial charge in [0, 0.05) is 0 Å². The minimum Gasteiger partial charge on any atom is -0.272 e. The number of imide groups is 1. The van der Waals surface area contributed by atoms with Crippen molar-refractivity contribution < 1.29 is 9.59 Å². The number of nitrogens with zero attached hydrogens (tertiary/aromatic N) is 4.